The molecule has 0 aliphatic rings. The molecule has 0 amide bonds. The van der Waals surface area contributed by atoms with Crippen LogP contribution in [0.3, 0.4) is 0 Å². The van der Waals surface area contributed by atoms with Crippen LogP contribution in [0.2, 0.25) is 0 Å². The van der Waals surface area contributed by atoms with Crippen molar-refractivity contribution in [3.8, 4) is 11.9 Å². The zero-order valence-corrected chi connectivity index (χ0v) is 11.8. The largest absolute Gasteiger partial charge is 0.472 e. The summed E-state index contributed by atoms with van der Waals surface area (Å²) in [5.74, 6) is 0.621. The maximum Gasteiger partial charge on any atom is 0.218 e. The third-order valence-corrected chi connectivity index (χ3v) is 2.58. The van der Waals surface area contributed by atoms with Gasteiger partial charge in [0.15, 0.2) is 0 Å². The SMILES string of the molecule is CCCCCn1c(C#N)cc(N)c1OC(C)(C)C. The third kappa shape index (κ3) is 3.69. The average Bonchev–Trinajstić information content (AvgIpc) is 2.55. The molecule has 0 radical (unpaired) electrons. The number of unbranched alkanes of at least 4 members (excludes halogenated alkanes) is 2. The topological polar surface area (TPSA) is 64.0 Å². The minimum Gasteiger partial charge on any atom is -0.472 e. The number of rotatable bonds is 5. The summed E-state index contributed by atoms with van der Waals surface area (Å²) in [6, 6.07) is 3.86. The van der Waals surface area contributed by atoms with E-state index in [1.54, 1.807) is 6.07 Å². The van der Waals surface area contributed by atoms with Crippen LogP contribution in [0, 0.1) is 11.3 Å². The highest BCUT2D eigenvalue weighted by Crippen LogP contribution is 2.30. The van der Waals surface area contributed by atoms with E-state index in [0.29, 0.717) is 17.3 Å². The quantitative estimate of drug-likeness (QED) is 0.814. The molecule has 0 bridgehead atoms. The molecule has 4 nitrogen and oxygen atoms in total. The number of nitrogen functional groups attached to an aromatic ring is 1. The van der Waals surface area contributed by atoms with Gasteiger partial charge in [-0.1, -0.05) is 19.8 Å². The predicted octanol–water partition coefficient (Wildman–Crippen LogP) is 3.31. The second-order valence-electron chi connectivity index (χ2n) is 5.48. The predicted molar refractivity (Wildman–Crippen MR) is 73.5 cm³/mol. The van der Waals surface area contributed by atoms with Crippen LogP contribution in [0.1, 0.15) is 52.7 Å². The van der Waals surface area contributed by atoms with Crippen molar-refractivity contribution in [2.75, 3.05) is 5.73 Å². The van der Waals surface area contributed by atoms with Crippen LogP contribution in [0.15, 0.2) is 6.07 Å². The summed E-state index contributed by atoms with van der Waals surface area (Å²) in [5.41, 5.74) is 6.73. The van der Waals surface area contributed by atoms with Gasteiger partial charge < -0.3 is 15.0 Å². The molecule has 0 aliphatic heterocycles. The number of aromatic nitrogens is 1. The van der Waals surface area contributed by atoms with Crippen LogP contribution in [0.25, 0.3) is 0 Å². The molecule has 0 spiro atoms. The first-order valence-electron chi connectivity index (χ1n) is 6.47. The zero-order chi connectivity index (χ0) is 13.8. The van der Waals surface area contributed by atoms with E-state index in [2.05, 4.69) is 13.0 Å². The number of nitrogens with zero attached hydrogens (tertiary/aromatic N) is 2. The van der Waals surface area contributed by atoms with Crippen LogP contribution in [-0.4, -0.2) is 10.2 Å². The van der Waals surface area contributed by atoms with Gasteiger partial charge in [-0.25, -0.2) is 0 Å². The second kappa shape index (κ2) is 5.81. The van der Waals surface area contributed by atoms with Crippen molar-refractivity contribution in [1.29, 1.82) is 5.26 Å². The Hall–Kier alpha value is -1.63. The van der Waals surface area contributed by atoms with E-state index in [1.807, 2.05) is 25.3 Å². The number of hydrogen-bond acceptors (Lipinski definition) is 3. The van der Waals surface area contributed by atoms with Gasteiger partial charge in [0.2, 0.25) is 5.88 Å². The molecule has 18 heavy (non-hydrogen) atoms. The first kappa shape index (κ1) is 14.4. The number of anilines is 1. The highest BCUT2D eigenvalue weighted by Gasteiger charge is 2.20. The van der Waals surface area contributed by atoms with Gasteiger partial charge in [0.05, 0.1) is 5.69 Å². The van der Waals surface area contributed by atoms with Gasteiger partial charge in [0.25, 0.3) is 0 Å². The normalized spacial score (nSPS) is 11.3. The smallest absolute Gasteiger partial charge is 0.218 e. The number of hydrogen-bond donors (Lipinski definition) is 1. The maximum atomic E-state index is 9.13. The van der Waals surface area contributed by atoms with Crippen molar-refractivity contribution in [2.45, 2.75) is 59.1 Å². The summed E-state index contributed by atoms with van der Waals surface area (Å²) in [6.07, 6.45) is 3.31. The van der Waals surface area contributed by atoms with Gasteiger partial charge in [-0.2, -0.15) is 5.26 Å². The lowest BCUT2D eigenvalue weighted by atomic mass is 10.2. The van der Waals surface area contributed by atoms with E-state index in [1.165, 1.54) is 0 Å². The van der Waals surface area contributed by atoms with E-state index in [4.69, 9.17) is 15.7 Å². The molecular weight excluding hydrogens is 226 g/mol. The van der Waals surface area contributed by atoms with Crippen molar-refractivity contribution < 1.29 is 4.74 Å². The molecule has 1 aromatic rings. The highest BCUT2D eigenvalue weighted by molar-refractivity contribution is 5.55. The van der Waals surface area contributed by atoms with Crippen molar-refractivity contribution in [3.63, 3.8) is 0 Å². The highest BCUT2D eigenvalue weighted by atomic mass is 16.5. The summed E-state index contributed by atoms with van der Waals surface area (Å²) in [6.45, 7) is 8.85. The summed E-state index contributed by atoms with van der Waals surface area (Å²) < 4.78 is 7.75. The van der Waals surface area contributed by atoms with Gasteiger partial charge in [0.1, 0.15) is 17.4 Å². The zero-order valence-electron chi connectivity index (χ0n) is 11.8. The molecule has 1 aromatic heterocycles. The Morgan fingerprint density at radius 2 is 2.06 bits per heavy atom. The molecule has 0 unspecified atom stereocenters. The molecule has 0 saturated carbocycles. The van der Waals surface area contributed by atoms with Crippen LogP contribution < -0.4 is 10.5 Å². The molecule has 1 heterocycles. The van der Waals surface area contributed by atoms with E-state index in [9.17, 15) is 0 Å². The Labute approximate surface area is 109 Å². The van der Waals surface area contributed by atoms with Crippen LogP contribution in [0.5, 0.6) is 5.88 Å². The monoisotopic (exact) mass is 249 g/mol. The minimum atomic E-state index is -0.318. The molecule has 4 heteroatoms. The van der Waals surface area contributed by atoms with Gasteiger partial charge in [-0.15, -0.1) is 0 Å². The first-order chi connectivity index (χ1) is 8.39. The standard InChI is InChI=1S/C14H23N3O/c1-5-6-7-8-17-11(10-15)9-12(16)13(17)18-14(2,3)4/h9H,5-8,16H2,1-4H3. The fourth-order valence-corrected chi connectivity index (χ4v) is 1.79. The molecule has 1 rings (SSSR count). The maximum absolute atomic E-state index is 9.13. The number of nitriles is 1. The summed E-state index contributed by atoms with van der Waals surface area (Å²) >= 11 is 0. The Morgan fingerprint density at radius 1 is 1.39 bits per heavy atom. The Morgan fingerprint density at radius 3 is 2.56 bits per heavy atom. The van der Waals surface area contributed by atoms with Gasteiger partial charge in [-0.05, 0) is 27.2 Å². The first-order valence-corrected chi connectivity index (χ1v) is 6.47. The van der Waals surface area contributed by atoms with E-state index < -0.39 is 0 Å². The van der Waals surface area contributed by atoms with Crippen molar-refractivity contribution in [3.05, 3.63) is 11.8 Å². The van der Waals surface area contributed by atoms with Gasteiger partial charge in [-0.3, -0.25) is 0 Å². The van der Waals surface area contributed by atoms with Gasteiger partial charge >= 0.3 is 0 Å². The van der Waals surface area contributed by atoms with Crippen LogP contribution in [-0.2, 0) is 6.54 Å². The minimum absolute atomic E-state index is 0.318. The molecule has 0 saturated heterocycles. The van der Waals surface area contributed by atoms with Crippen molar-refractivity contribution in [1.82, 2.24) is 4.57 Å². The molecule has 0 fully saturated rings. The fourth-order valence-electron chi connectivity index (χ4n) is 1.79. The van der Waals surface area contributed by atoms with E-state index in [-0.39, 0.29) is 5.60 Å². The molecule has 0 atom stereocenters. The molecule has 0 aliphatic carbocycles. The Bertz CT molecular complexity index is 435. The summed E-state index contributed by atoms with van der Waals surface area (Å²) in [4.78, 5) is 0. The lowest BCUT2D eigenvalue weighted by molar-refractivity contribution is 0.118. The molecule has 2 N–H and O–H groups in total. The number of nitrogens with two attached hydrogens (primary N) is 1. The molecule has 0 aromatic carbocycles. The van der Waals surface area contributed by atoms with Crippen LogP contribution in [0.4, 0.5) is 5.69 Å². The van der Waals surface area contributed by atoms with E-state index >= 15 is 0 Å². The van der Waals surface area contributed by atoms with Crippen molar-refractivity contribution in [2.24, 2.45) is 0 Å². The van der Waals surface area contributed by atoms with Crippen LogP contribution >= 0.6 is 0 Å². The van der Waals surface area contributed by atoms with Gasteiger partial charge in [0, 0.05) is 12.6 Å². The third-order valence-electron chi connectivity index (χ3n) is 2.58. The lowest BCUT2D eigenvalue weighted by Gasteiger charge is -2.23. The molecule has 100 valence electrons. The Kier molecular flexibility index (Phi) is 4.66. The lowest BCUT2D eigenvalue weighted by Crippen LogP contribution is -2.25. The van der Waals surface area contributed by atoms with Crippen molar-refractivity contribution >= 4 is 5.69 Å². The summed E-state index contributed by atoms with van der Waals surface area (Å²) in [5, 5.41) is 9.13. The fraction of sp³-hybridized carbons (Fsp3) is 0.643. The Balaban J connectivity index is 3.00. The number of ether oxygens (including phenoxy) is 1. The second-order valence-corrected chi connectivity index (χ2v) is 5.48. The molecular formula is C14H23N3O. The average molecular weight is 249 g/mol. The summed E-state index contributed by atoms with van der Waals surface area (Å²) in [7, 11) is 0. The van der Waals surface area contributed by atoms with E-state index in [0.717, 1.165) is 25.8 Å².